The van der Waals surface area contributed by atoms with Gasteiger partial charge in [0.1, 0.15) is 0 Å². The molecule has 0 N–H and O–H groups in total. The van der Waals surface area contributed by atoms with E-state index in [1.807, 2.05) is 13.0 Å². The van der Waals surface area contributed by atoms with Crippen molar-refractivity contribution < 1.29 is 0 Å². The Morgan fingerprint density at radius 2 is 2.50 bits per heavy atom. The predicted molar refractivity (Wildman–Crippen MR) is 61.9 cm³/mol. The maximum absolute atomic E-state index is 8.72. The zero-order valence-electron chi connectivity index (χ0n) is 9.56. The lowest BCUT2D eigenvalue weighted by atomic mass is 9.96. The van der Waals surface area contributed by atoms with E-state index in [0.29, 0.717) is 12.3 Å². The molecule has 1 aliphatic rings. The summed E-state index contributed by atoms with van der Waals surface area (Å²) in [6, 6.07) is 4.16. The van der Waals surface area contributed by atoms with Crippen LogP contribution in [0.3, 0.4) is 0 Å². The van der Waals surface area contributed by atoms with E-state index >= 15 is 0 Å². The molecule has 1 fully saturated rings. The lowest BCUT2D eigenvalue weighted by Crippen LogP contribution is -2.36. The van der Waals surface area contributed by atoms with Gasteiger partial charge in [-0.1, -0.05) is 0 Å². The fraction of sp³-hybridized carbons (Fsp3) is 0.583. The average Bonchev–Trinajstić information content (AvgIpc) is 2.30. The number of aryl methyl sites for hydroxylation is 1. The molecule has 0 aromatic carbocycles. The highest BCUT2D eigenvalue weighted by atomic mass is 15.3. The molecule has 84 valence electrons. The SMILES string of the molecule is Cc1ccnc(N2CCCC(CC#N)C2)n1. The number of piperidine rings is 1. The molecule has 1 aliphatic heterocycles. The molecule has 2 heterocycles. The smallest absolute Gasteiger partial charge is 0.225 e. The van der Waals surface area contributed by atoms with Crippen LogP contribution in [0, 0.1) is 24.2 Å². The van der Waals surface area contributed by atoms with Crippen LogP contribution in [0.4, 0.5) is 5.95 Å². The average molecular weight is 216 g/mol. The Morgan fingerprint density at radius 1 is 1.62 bits per heavy atom. The molecule has 0 saturated carbocycles. The summed E-state index contributed by atoms with van der Waals surface area (Å²) in [4.78, 5) is 10.9. The molecule has 0 amide bonds. The first-order chi connectivity index (χ1) is 7.79. The summed E-state index contributed by atoms with van der Waals surface area (Å²) < 4.78 is 0. The molecule has 0 bridgehead atoms. The lowest BCUT2D eigenvalue weighted by molar-refractivity contribution is 0.417. The molecule has 1 unspecified atom stereocenters. The van der Waals surface area contributed by atoms with Crippen LogP contribution in [-0.2, 0) is 0 Å². The van der Waals surface area contributed by atoms with Crippen molar-refractivity contribution in [2.75, 3.05) is 18.0 Å². The summed E-state index contributed by atoms with van der Waals surface area (Å²) >= 11 is 0. The Hall–Kier alpha value is -1.63. The maximum Gasteiger partial charge on any atom is 0.225 e. The number of rotatable bonds is 2. The summed E-state index contributed by atoms with van der Waals surface area (Å²) in [5, 5.41) is 8.72. The van der Waals surface area contributed by atoms with E-state index in [1.54, 1.807) is 6.20 Å². The number of hydrogen-bond donors (Lipinski definition) is 0. The van der Waals surface area contributed by atoms with Crippen molar-refractivity contribution in [3.05, 3.63) is 18.0 Å². The normalized spacial score (nSPS) is 20.5. The van der Waals surface area contributed by atoms with E-state index in [1.165, 1.54) is 0 Å². The molecule has 4 heteroatoms. The van der Waals surface area contributed by atoms with Crippen molar-refractivity contribution in [1.29, 1.82) is 5.26 Å². The number of nitriles is 1. The monoisotopic (exact) mass is 216 g/mol. The summed E-state index contributed by atoms with van der Waals surface area (Å²) in [6.07, 6.45) is 4.72. The Bertz CT molecular complexity index is 396. The zero-order valence-corrected chi connectivity index (χ0v) is 9.56. The van der Waals surface area contributed by atoms with Crippen LogP contribution < -0.4 is 4.90 Å². The van der Waals surface area contributed by atoms with Crippen molar-refractivity contribution in [2.45, 2.75) is 26.2 Å². The second-order valence-electron chi connectivity index (χ2n) is 4.31. The molecule has 1 aromatic heterocycles. The molecule has 0 spiro atoms. The third-order valence-electron chi connectivity index (χ3n) is 2.96. The summed E-state index contributed by atoms with van der Waals surface area (Å²) in [6.45, 7) is 3.89. The second kappa shape index (κ2) is 4.93. The van der Waals surface area contributed by atoms with Crippen LogP contribution >= 0.6 is 0 Å². The van der Waals surface area contributed by atoms with Crippen LogP contribution in [0.5, 0.6) is 0 Å². The molecule has 4 nitrogen and oxygen atoms in total. The van der Waals surface area contributed by atoms with E-state index in [4.69, 9.17) is 5.26 Å². The number of aromatic nitrogens is 2. The van der Waals surface area contributed by atoms with Crippen LogP contribution in [0.2, 0.25) is 0 Å². The third-order valence-corrected chi connectivity index (χ3v) is 2.96. The number of hydrogen-bond acceptors (Lipinski definition) is 4. The zero-order chi connectivity index (χ0) is 11.4. The minimum absolute atomic E-state index is 0.475. The molecular weight excluding hydrogens is 200 g/mol. The van der Waals surface area contributed by atoms with Gasteiger partial charge in [-0.15, -0.1) is 0 Å². The Balaban J connectivity index is 2.07. The van der Waals surface area contributed by atoms with Gasteiger partial charge in [0.2, 0.25) is 5.95 Å². The van der Waals surface area contributed by atoms with Gasteiger partial charge in [0.15, 0.2) is 0 Å². The molecule has 0 radical (unpaired) electrons. The topological polar surface area (TPSA) is 52.8 Å². The summed E-state index contributed by atoms with van der Waals surface area (Å²) in [7, 11) is 0. The first-order valence-electron chi connectivity index (χ1n) is 5.71. The summed E-state index contributed by atoms with van der Waals surface area (Å²) in [5.74, 6) is 1.28. The maximum atomic E-state index is 8.72. The molecule has 0 aliphatic carbocycles. The van der Waals surface area contributed by atoms with Gasteiger partial charge in [-0.2, -0.15) is 5.26 Å². The van der Waals surface area contributed by atoms with E-state index in [0.717, 1.165) is 37.6 Å². The quantitative estimate of drug-likeness (QED) is 0.757. The highest BCUT2D eigenvalue weighted by Crippen LogP contribution is 2.22. The molecular formula is C12H16N4. The van der Waals surface area contributed by atoms with Crippen molar-refractivity contribution >= 4 is 5.95 Å². The van der Waals surface area contributed by atoms with E-state index in [9.17, 15) is 0 Å². The largest absolute Gasteiger partial charge is 0.341 e. The van der Waals surface area contributed by atoms with E-state index < -0.39 is 0 Å². The lowest BCUT2D eigenvalue weighted by Gasteiger charge is -2.31. The predicted octanol–water partition coefficient (Wildman–Crippen LogP) is 1.92. The van der Waals surface area contributed by atoms with E-state index in [-0.39, 0.29) is 0 Å². The standard InChI is InChI=1S/C12H16N4/c1-10-5-7-14-12(15-10)16-8-2-3-11(9-16)4-6-13/h5,7,11H,2-4,8-9H2,1H3. The van der Waals surface area contributed by atoms with Crippen molar-refractivity contribution in [3.8, 4) is 6.07 Å². The fourth-order valence-electron chi connectivity index (χ4n) is 2.13. The first-order valence-corrected chi connectivity index (χ1v) is 5.71. The molecule has 2 rings (SSSR count). The Morgan fingerprint density at radius 3 is 3.25 bits per heavy atom. The Labute approximate surface area is 95.9 Å². The minimum atomic E-state index is 0.475. The molecule has 1 saturated heterocycles. The van der Waals surface area contributed by atoms with Crippen molar-refractivity contribution in [2.24, 2.45) is 5.92 Å². The van der Waals surface area contributed by atoms with Gasteiger partial charge < -0.3 is 4.90 Å². The van der Waals surface area contributed by atoms with Crippen LogP contribution in [0.1, 0.15) is 25.0 Å². The van der Waals surface area contributed by atoms with E-state index in [2.05, 4.69) is 20.9 Å². The van der Waals surface area contributed by atoms with Gasteiger partial charge >= 0.3 is 0 Å². The van der Waals surface area contributed by atoms with Crippen LogP contribution in [0.25, 0.3) is 0 Å². The van der Waals surface area contributed by atoms with Gasteiger partial charge in [0.05, 0.1) is 6.07 Å². The number of nitrogens with zero attached hydrogens (tertiary/aromatic N) is 4. The fourth-order valence-corrected chi connectivity index (χ4v) is 2.13. The highest BCUT2D eigenvalue weighted by molar-refractivity contribution is 5.30. The van der Waals surface area contributed by atoms with Crippen LogP contribution in [-0.4, -0.2) is 23.1 Å². The Kier molecular flexibility index (Phi) is 3.35. The minimum Gasteiger partial charge on any atom is -0.341 e. The van der Waals surface area contributed by atoms with Gasteiger partial charge in [0.25, 0.3) is 0 Å². The van der Waals surface area contributed by atoms with Gasteiger partial charge in [-0.05, 0) is 31.7 Å². The van der Waals surface area contributed by atoms with Gasteiger partial charge in [0, 0.05) is 31.4 Å². The van der Waals surface area contributed by atoms with Crippen molar-refractivity contribution in [3.63, 3.8) is 0 Å². The number of anilines is 1. The summed E-state index contributed by atoms with van der Waals surface area (Å²) in [5.41, 5.74) is 0.993. The second-order valence-corrected chi connectivity index (χ2v) is 4.31. The molecule has 1 atom stereocenters. The van der Waals surface area contributed by atoms with Gasteiger partial charge in [-0.25, -0.2) is 9.97 Å². The first kappa shape index (κ1) is 10.9. The van der Waals surface area contributed by atoms with Gasteiger partial charge in [-0.3, -0.25) is 0 Å². The molecule has 1 aromatic rings. The molecule has 16 heavy (non-hydrogen) atoms. The third kappa shape index (κ3) is 2.48. The van der Waals surface area contributed by atoms with Crippen LogP contribution in [0.15, 0.2) is 12.3 Å². The highest BCUT2D eigenvalue weighted by Gasteiger charge is 2.21. The van der Waals surface area contributed by atoms with Crippen molar-refractivity contribution in [1.82, 2.24) is 9.97 Å².